The van der Waals surface area contributed by atoms with Crippen LogP contribution in [-0.2, 0) is 27.2 Å². The molecule has 0 saturated carbocycles. The van der Waals surface area contributed by atoms with Gasteiger partial charge in [0, 0.05) is 13.0 Å². The SMILES string of the molecule is COC(=O)CSc1nnc(Cc2ccccc2)n1C[C@@H]1CCCO1. The summed E-state index contributed by atoms with van der Waals surface area (Å²) in [6.07, 6.45) is 3.03. The predicted molar refractivity (Wildman–Crippen MR) is 91.0 cm³/mol. The quantitative estimate of drug-likeness (QED) is 0.566. The number of ether oxygens (including phenoxy) is 2. The topological polar surface area (TPSA) is 66.2 Å². The molecule has 0 N–H and O–H groups in total. The number of thioether (sulfide) groups is 1. The van der Waals surface area contributed by atoms with E-state index in [2.05, 4.69) is 26.9 Å². The molecule has 1 aliphatic heterocycles. The van der Waals surface area contributed by atoms with Crippen LogP contribution in [0.15, 0.2) is 35.5 Å². The molecule has 1 aromatic carbocycles. The van der Waals surface area contributed by atoms with E-state index in [0.29, 0.717) is 6.42 Å². The van der Waals surface area contributed by atoms with Crippen LogP contribution < -0.4 is 0 Å². The lowest BCUT2D eigenvalue weighted by atomic mass is 10.1. The van der Waals surface area contributed by atoms with Gasteiger partial charge in [-0.05, 0) is 18.4 Å². The van der Waals surface area contributed by atoms with Crippen molar-refractivity contribution in [3.63, 3.8) is 0 Å². The minimum absolute atomic E-state index is 0.188. The first kappa shape index (κ1) is 17.0. The third-order valence-electron chi connectivity index (χ3n) is 3.96. The lowest BCUT2D eigenvalue weighted by molar-refractivity contribution is -0.137. The fraction of sp³-hybridized carbons (Fsp3) is 0.471. The van der Waals surface area contributed by atoms with Gasteiger partial charge in [0.15, 0.2) is 5.16 Å². The van der Waals surface area contributed by atoms with E-state index in [1.165, 1.54) is 24.4 Å². The number of benzene rings is 1. The maximum atomic E-state index is 11.4. The third kappa shape index (κ3) is 4.36. The molecule has 7 heteroatoms. The number of carbonyl (C=O) groups excluding carboxylic acids is 1. The molecule has 0 bridgehead atoms. The molecule has 3 rings (SSSR count). The molecule has 2 aromatic rings. The number of carbonyl (C=O) groups is 1. The van der Waals surface area contributed by atoms with E-state index in [-0.39, 0.29) is 17.8 Å². The molecular weight excluding hydrogens is 326 g/mol. The van der Waals surface area contributed by atoms with Crippen LogP contribution in [-0.4, -0.2) is 46.3 Å². The maximum Gasteiger partial charge on any atom is 0.316 e. The molecule has 1 saturated heterocycles. The van der Waals surface area contributed by atoms with E-state index >= 15 is 0 Å². The molecule has 1 fully saturated rings. The Balaban J connectivity index is 1.78. The Hall–Kier alpha value is -1.86. The molecule has 0 aliphatic carbocycles. The van der Waals surface area contributed by atoms with Crippen LogP contribution in [0.25, 0.3) is 0 Å². The summed E-state index contributed by atoms with van der Waals surface area (Å²) >= 11 is 1.35. The molecule has 1 atom stereocenters. The highest BCUT2D eigenvalue weighted by Crippen LogP contribution is 2.22. The molecular formula is C17H21N3O3S. The summed E-state index contributed by atoms with van der Waals surface area (Å²) in [6.45, 7) is 1.53. The van der Waals surface area contributed by atoms with Crippen molar-refractivity contribution in [3.05, 3.63) is 41.7 Å². The van der Waals surface area contributed by atoms with Gasteiger partial charge in [-0.15, -0.1) is 10.2 Å². The number of hydrogen-bond donors (Lipinski definition) is 0. The number of esters is 1. The van der Waals surface area contributed by atoms with Crippen LogP contribution >= 0.6 is 11.8 Å². The van der Waals surface area contributed by atoms with Crippen molar-refractivity contribution in [2.45, 2.75) is 37.1 Å². The Morgan fingerprint density at radius 2 is 2.21 bits per heavy atom. The van der Waals surface area contributed by atoms with Crippen LogP contribution in [0.3, 0.4) is 0 Å². The summed E-state index contributed by atoms with van der Waals surface area (Å²) in [6, 6.07) is 10.2. The summed E-state index contributed by atoms with van der Waals surface area (Å²) in [7, 11) is 1.39. The van der Waals surface area contributed by atoms with E-state index < -0.39 is 0 Å². The van der Waals surface area contributed by atoms with Crippen molar-refractivity contribution in [2.75, 3.05) is 19.5 Å². The van der Waals surface area contributed by atoms with E-state index in [1.807, 2.05) is 18.2 Å². The molecule has 0 radical (unpaired) electrons. The van der Waals surface area contributed by atoms with Gasteiger partial charge in [-0.2, -0.15) is 0 Å². The van der Waals surface area contributed by atoms with Gasteiger partial charge in [0.25, 0.3) is 0 Å². The van der Waals surface area contributed by atoms with Gasteiger partial charge in [0.1, 0.15) is 5.82 Å². The molecule has 1 aromatic heterocycles. The second-order valence-corrected chi connectivity index (χ2v) is 6.61. The highest BCUT2D eigenvalue weighted by molar-refractivity contribution is 7.99. The number of nitrogens with zero attached hydrogens (tertiary/aromatic N) is 3. The molecule has 0 spiro atoms. The van der Waals surface area contributed by atoms with Crippen molar-refractivity contribution >= 4 is 17.7 Å². The monoisotopic (exact) mass is 347 g/mol. The van der Waals surface area contributed by atoms with Crippen molar-refractivity contribution in [1.82, 2.24) is 14.8 Å². The molecule has 2 heterocycles. The van der Waals surface area contributed by atoms with Crippen LogP contribution in [0.2, 0.25) is 0 Å². The first-order valence-corrected chi connectivity index (χ1v) is 9.02. The van der Waals surface area contributed by atoms with Gasteiger partial charge in [-0.1, -0.05) is 42.1 Å². The smallest absolute Gasteiger partial charge is 0.316 e. The van der Waals surface area contributed by atoms with Gasteiger partial charge in [0.2, 0.25) is 0 Å². The Bertz CT molecular complexity index is 669. The second-order valence-electron chi connectivity index (χ2n) is 5.67. The van der Waals surface area contributed by atoms with Gasteiger partial charge >= 0.3 is 5.97 Å². The summed E-state index contributed by atoms with van der Waals surface area (Å²) in [5.41, 5.74) is 1.18. The zero-order chi connectivity index (χ0) is 16.8. The molecule has 1 aliphatic rings. The first-order chi connectivity index (χ1) is 11.8. The first-order valence-electron chi connectivity index (χ1n) is 8.03. The molecule has 24 heavy (non-hydrogen) atoms. The Kier molecular flexibility index (Phi) is 5.87. The summed E-state index contributed by atoms with van der Waals surface area (Å²) in [5.74, 6) is 0.853. The van der Waals surface area contributed by atoms with E-state index in [1.54, 1.807) is 0 Å². The lowest BCUT2D eigenvalue weighted by Gasteiger charge is -2.14. The largest absolute Gasteiger partial charge is 0.468 e. The van der Waals surface area contributed by atoms with Crippen LogP contribution in [0.1, 0.15) is 24.2 Å². The van der Waals surface area contributed by atoms with E-state index in [4.69, 9.17) is 9.47 Å². The Morgan fingerprint density at radius 1 is 1.38 bits per heavy atom. The van der Waals surface area contributed by atoms with E-state index in [0.717, 1.165) is 37.0 Å². The summed E-state index contributed by atoms with van der Waals surface area (Å²) in [4.78, 5) is 11.4. The van der Waals surface area contributed by atoms with Crippen molar-refractivity contribution < 1.29 is 14.3 Å². The van der Waals surface area contributed by atoms with Crippen LogP contribution in [0.5, 0.6) is 0 Å². The third-order valence-corrected chi connectivity index (χ3v) is 4.90. The average molecular weight is 347 g/mol. The Morgan fingerprint density at radius 3 is 2.92 bits per heavy atom. The number of methoxy groups -OCH3 is 1. The van der Waals surface area contributed by atoms with Crippen molar-refractivity contribution in [3.8, 4) is 0 Å². The van der Waals surface area contributed by atoms with Gasteiger partial charge in [-0.3, -0.25) is 4.79 Å². The number of rotatable bonds is 7. The zero-order valence-corrected chi connectivity index (χ0v) is 14.5. The number of hydrogen-bond acceptors (Lipinski definition) is 6. The van der Waals surface area contributed by atoms with Gasteiger partial charge in [0.05, 0.1) is 25.5 Å². The Labute approximate surface area is 145 Å². The van der Waals surface area contributed by atoms with Crippen LogP contribution in [0, 0.1) is 0 Å². The van der Waals surface area contributed by atoms with Gasteiger partial charge in [-0.25, -0.2) is 0 Å². The molecule has 0 amide bonds. The van der Waals surface area contributed by atoms with Crippen LogP contribution in [0.4, 0.5) is 0 Å². The van der Waals surface area contributed by atoms with Crippen molar-refractivity contribution in [1.29, 1.82) is 0 Å². The zero-order valence-electron chi connectivity index (χ0n) is 13.7. The average Bonchev–Trinajstić information content (AvgIpc) is 3.25. The predicted octanol–water partition coefficient (Wildman–Crippen LogP) is 2.31. The van der Waals surface area contributed by atoms with Crippen molar-refractivity contribution in [2.24, 2.45) is 0 Å². The molecule has 128 valence electrons. The maximum absolute atomic E-state index is 11.4. The lowest BCUT2D eigenvalue weighted by Crippen LogP contribution is -2.18. The second kappa shape index (κ2) is 8.30. The minimum Gasteiger partial charge on any atom is -0.468 e. The van der Waals surface area contributed by atoms with Gasteiger partial charge < -0.3 is 14.0 Å². The summed E-state index contributed by atoms with van der Waals surface area (Å²) < 4.78 is 12.5. The molecule has 0 unspecified atom stereocenters. The minimum atomic E-state index is -0.267. The highest BCUT2D eigenvalue weighted by atomic mass is 32.2. The normalized spacial score (nSPS) is 17.1. The standard InChI is InChI=1S/C17H21N3O3S/c1-22-16(21)12-24-17-19-18-15(10-13-6-3-2-4-7-13)20(17)11-14-8-5-9-23-14/h2-4,6-7,14H,5,8-12H2,1H3/t14-/m0/s1. The molecule has 6 nitrogen and oxygen atoms in total. The van der Waals surface area contributed by atoms with E-state index in [9.17, 15) is 4.79 Å². The fourth-order valence-electron chi connectivity index (χ4n) is 2.69. The summed E-state index contributed by atoms with van der Waals surface area (Å²) in [5, 5.41) is 9.35. The highest BCUT2D eigenvalue weighted by Gasteiger charge is 2.21. The fourth-order valence-corrected chi connectivity index (χ4v) is 3.49. The number of aromatic nitrogens is 3.